The molecule has 0 rings (SSSR count). The SMILES string of the molecule is CCCCCCC(CC)C(=O)OC(C)(C)C.CCOC(C)=O. The van der Waals surface area contributed by atoms with E-state index in [-0.39, 0.29) is 23.5 Å². The maximum Gasteiger partial charge on any atom is 0.309 e. The minimum atomic E-state index is -0.353. The van der Waals surface area contributed by atoms with E-state index < -0.39 is 0 Å². The van der Waals surface area contributed by atoms with Gasteiger partial charge in [0.1, 0.15) is 5.60 Å². The molecular formula is C18H36O4. The van der Waals surface area contributed by atoms with Gasteiger partial charge in [-0.3, -0.25) is 9.59 Å². The summed E-state index contributed by atoms with van der Waals surface area (Å²) in [6.07, 6.45) is 6.75. The van der Waals surface area contributed by atoms with Crippen LogP contribution in [0.15, 0.2) is 0 Å². The lowest BCUT2D eigenvalue weighted by Gasteiger charge is -2.23. The van der Waals surface area contributed by atoms with Crippen LogP contribution in [0.2, 0.25) is 0 Å². The summed E-state index contributed by atoms with van der Waals surface area (Å²) in [6.45, 7) is 13.7. The second kappa shape index (κ2) is 13.6. The molecule has 0 fully saturated rings. The van der Waals surface area contributed by atoms with Crippen LogP contribution in [0.1, 0.15) is 87.0 Å². The predicted molar refractivity (Wildman–Crippen MR) is 90.7 cm³/mol. The lowest BCUT2D eigenvalue weighted by atomic mass is 9.98. The molecule has 0 radical (unpaired) electrons. The maximum atomic E-state index is 11.8. The van der Waals surface area contributed by atoms with Crippen LogP contribution in [0.4, 0.5) is 0 Å². The molecule has 0 aromatic rings. The standard InChI is InChI=1S/C14H28O2.C4H8O2/c1-6-8-9-10-11-12(7-2)13(15)16-14(3,4)5;1-3-6-4(2)5/h12H,6-11H2,1-5H3;3H2,1-2H3. The van der Waals surface area contributed by atoms with Crippen molar-refractivity contribution < 1.29 is 19.1 Å². The van der Waals surface area contributed by atoms with Crippen molar-refractivity contribution in [2.24, 2.45) is 5.92 Å². The van der Waals surface area contributed by atoms with E-state index >= 15 is 0 Å². The molecule has 132 valence electrons. The molecule has 0 aromatic heterocycles. The molecule has 0 aromatic carbocycles. The highest BCUT2D eigenvalue weighted by molar-refractivity contribution is 5.72. The van der Waals surface area contributed by atoms with Crippen molar-refractivity contribution in [1.82, 2.24) is 0 Å². The molecule has 0 bridgehead atoms. The number of esters is 2. The van der Waals surface area contributed by atoms with Gasteiger partial charge >= 0.3 is 11.9 Å². The number of carbonyl (C=O) groups excluding carboxylic acids is 2. The maximum absolute atomic E-state index is 11.8. The van der Waals surface area contributed by atoms with Crippen molar-refractivity contribution >= 4 is 11.9 Å². The Morgan fingerprint density at radius 1 is 1.00 bits per heavy atom. The summed E-state index contributed by atoms with van der Waals surface area (Å²) in [6, 6.07) is 0. The molecule has 0 spiro atoms. The third-order valence-electron chi connectivity index (χ3n) is 2.99. The average molecular weight is 316 g/mol. The van der Waals surface area contributed by atoms with E-state index in [4.69, 9.17) is 4.74 Å². The zero-order valence-corrected chi connectivity index (χ0v) is 15.7. The minimum Gasteiger partial charge on any atom is -0.466 e. The molecule has 0 aliphatic heterocycles. The number of hydrogen-bond acceptors (Lipinski definition) is 4. The molecule has 0 saturated carbocycles. The van der Waals surface area contributed by atoms with E-state index in [1.54, 1.807) is 6.92 Å². The van der Waals surface area contributed by atoms with Gasteiger partial charge in [-0.15, -0.1) is 0 Å². The summed E-state index contributed by atoms with van der Waals surface area (Å²) in [5.74, 6) is -0.139. The molecule has 4 nitrogen and oxygen atoms in total. The van der Waals surface area contributed by atoms with Gasteiger partial charge in [0, 0.05) is 6.92 Å². The number of hydrogen-bond donors (Lipinski definition) is 0. The zero-order chi connectivity index (χ0) is 17.6. The monoisotopic (exact) mass is 316 g/mol. The normalized spacial score (nSPS) is 12.0. The third kappa shape index (κ3) is 17.0. The van der Waals surface area contributed by atoms with Gasteiger partial charge in [-0.05, 0) is 40.5 Å². The summed E-state index contributed by atoms with van der Waals surface area (Å²) in [5.41, 5.74) is -0.353. The van der Waals surface area contributed by atoms with Crippen LogP contribution in [0.25, 0.3) is 0 Å². The predicted octanol–water partition coefficient (Wildman–Crippen LogP) is 4.89. The van der Waals surface area contributed by atoms with Crippen molar-refractivity contribution in [1.29, 1.82) is 0 Å². The van der Waals surface area contributed by atoms with E-state index in [0.717, 1.165) is 19.3 Å². The first-order valence-electron chi connectivity index (χ1n) is 8.54. The Morgan fingerprint density at radius 2 is 1.59 bits per heavy atom. The molecule has 0 aliphatic rings. The molecule has 0 N–H and O–H groups in total. The summed E-state index contributed by atoms with van der Waals surface area (Å²) < 4.78 is 9.81. The summed E-state index contributed by atoms with van der Waals surface area (Å²) in [7, 11) is 0. The van der Waals surface area contributed by atoms with E-state index in [1.807, 2.05) is 20.8 Å². The van der Waals surface area contributed by atoms with Crippen LogP contribution >= 0.6 is 0 Å². The minimum absolute atomic E-state index is 0.0218. The Kier molecular flexibility index (Phi) is 14.3. The van der Waals surface area contributed by atoms with Crippen molar-refractivity contribution in [3.63, 3.8) is 0 Å². The Hall–Kier alpha value is -1.06. The smallest absolute Gasteiger partial charge is 0.309 e. The average Bonchev–Trinajstić information content (AvgIpc) is 2.37. The molecule has 4 heteroatoms. The van der Waals surface area contributed by atoms with Gasteiger partial charge in [-0.2, -0.15) is 0 Å². The highest BCUT2D eigenvalue weighted by atomic mass is 16.6. The first kappa shape index (κ1) is 23.2. The van der Waals surface area contributed by atoms with Crippen LogP contribution in [0, 0.1) is 5.92 Å². The van der Waals surface area contributed by atoms with E-state index in [9.17, 15) is 9.59 Å². The molecule has 22 heavy (non-hydrogen) atoms. The molecule has 0 heterocycles. The van der Waals surface area contributed by atoms with Crippen molar-refractivity contribution in [3.05, 3.63) is 0 Å². The number of rotatable bonds is 8. The molecule has 0 aliphatic carbocycles. The van der Waals surface area contributed by atoms with Gasteiger partial charge < -0.3 is 9.47 Å². The van der Waals surface area contributed by atoms with Crippen molar-refractivity contribution in [2.75, 3.05) is 6.61 Å². The fraction of sp³-hybridized carbons (Fsp3) is 0.889. The second-order valence-electron chi connectivity index (χ2n) is 6.41. The Bertz CT molecular complexity index is 292. The topological polar surface area (TPSA) is 52.6 Å². The highest BCUT2D eigenvalue weighted by Crippen LogP contribution is 2.19. The zero-order valence-electron chi connectivity index (χ0n) is 15.7. The van der Waals surface area contributed by atoms with Crippen LogP contribution < -0.4 is 0 Å². The first-order chi connectivity index (χ1) is 10.2. The van der Waals surface area contributed by atoms with Gasteiger partial charge in [-0.1, -0.05) is 39.5 Å². The Labute approximate surface area is 136 Å². The van der Waals surface area contributed by atoms with Crippen LogP contribution in [-0.4, -0.2) is 24.1 Å². The molecule has 0 amide bonds. The highest BCUT2D eigenvalue weighted by Gasteiger charge is 2.23. The number of ether oxygens (including phenoxy) is 2. The summed E-state index contributed by atoms with van der Waals surface area (Å²) in [4.78, 5) is 21.7. The second-order valence-corrected chi connectivity index (χ2v) is 6.41. The fourth-order valence-electron chi connectivity index (χ4n) is 1.89. The quantitative estimate of drug-likeness (QED) is 0.472. The number of unbranched alkanes of at least 4 members (excludes halogenated alkanes) is 3. The molecular weight excluding hydrogens is 280 g/mol. The van der Waals surface area contributed by atoms with Crippen LogP contribution in [-0.2, 0) is 19.1 Å². The Morgan fingerprint density at radius 3 is 1.91 bits per heavy atom. The van der Waals surface area contributed by atoms with Gasteiger partial charge in [0.25, 0.3) is 0 Å². The van der Waals surface area contributed by atoms with Gasteiger partial charge in [0.15, 0.2) is 0 Å². The number of carbonyl (C=O) groups is 2. The third-order valence-corrected chi connectivity index (χ3v) is 2.99. The van der Waals surface area contributed by atoms with Gasteiger partial charge in [-0.25, -0.2) is 0 Å². The Balaban J connectivity index is 0. The lowest BCUT2D eigenvalue weighted by Crippen LogP contribution is -2.28. The first-order valence-corrected chi connectivity index (χ1v) is 8.54. The molecule has 0 saturated heterocycles. The van der Waals surface area contributed by atoms with Gasteiger partial charge in [0.05, 0.1) is 12.5 Å². The lowest BCUT2D eigenvalue weighted by molar-refractivity contribution is -0.160. The van der Waals surface area contributed by atoms with Crippen molar-refractivity contribution in [2.45, 2.75) is 92.6 Å². The summed E-state index contributed by atoms with van der Waals surface area (Å²) >= 11 is 0. The van der Waals surface area contributed by atoms with Crippen LogP contribution in [0.3, 0.4) is 0 Å². The summed E-state index contributed by atoms with van der Waals surface area (Å²) in [5, 5.41) is 0. The van der Waals surface area contributed by atoms with Crippen LogP contribution in [0.5, 0.6) is 0 Å². The van der Waals surface area contributed by atoms with E-state index in [2.05, 4.69) is 18.6 Å². The van der Waals surface area contributed by atoms with Crippen molar-refractivity contribution in [3.8, 4) is 0 Å². The van der Waals surface area contributed by atoms with Gasteiger partial charge in [0.2, 0.25) is 0 Å². The molecule has 1 unspecified atom stereocenters. The molecule has 1 atom stereocenters. The van der Waals surface area contributed by atoms with E-state index in [0.29, 0.717) is 6.61 Å². The largest absolute Gasteiger partial charge is 0.466 e. The van der Waals surface area contributed by atoms with E-state index in [1.165, 1.54) is 26.2 Å². The fourth-order valence-corrected chi connectivity index (χ4v) is 1.89.